The summed E-state index contributed by atoms with van der Waals surface area (Å²) in [5, 5.41) is 22.5. The monoisotopic (exact) mass is 462 g/mol. The van der Waals surface area contributed by atoms with Crippen LogP contribution >= 0.6 is 11.6 Å². The molecule has 1 spiro atoms. The quantitative estimate of drug-likeness (QED) is 0.483. The van der Waals surface area contributed by atoms with Gasteiger partial charge in [0.25, 0.3) is 0 Å². The molecule has 1 saturated carbocycles. The molecule has 4 aromatic rings. The molecule has 33 heavy (non-hydrogen) atoms. The third-order valence-corrected chi connectivity index (χ3v) is 8.46. The predicted octanol–water partition coefficient (Wildman–Crippen LogP) is 3.84. The van der Waals surface area contributed by atoms with E-state index in [1.807, 2.05) is 12.4 Å². The number of nitrogens with one attached hydrogen (secondary N) is 2. The number of halogens is 1. The van der Waals surface area contributed by atoms with Gasteiger partial charge in [0, 0.05) is 48.0 Å². The normalized spacial score (nSPS) is 19.7. The fourth-order valence-corrected chi connectivity index (χ4v) is 6.32. The van der Waals surface area contributed by atoms with Gasteiger partial charge in [0.1, 0.15) is 0 Å². The zero-order chi connectivity index (χ0) is 22.3. The maximum absolute atomic E-state index is 7.00. The van der Waals surface area contributed by atoms with Crippen LogP contribution in [0.25, 0.3) is 22.0 Å². The molecule has 7 rings (SSSR count). The first kappa shape index (κ1) is 19.6. The highest BCUT2D eigenvalue weighted by atomic mass is 35.5. The van der Waals surface area contributed by atoms with E-state index in [2.05, 4.69) is 60.9 Å². The Morgan fingerprint density at radius 2 is 2.00 bits per heavy atom. The van der Waals surface area contributed by atoms with E-state index in [0.717, 1.165) is 71.2 Å². The second kappa shape index (κ2) is 6.84. The van der Waals surface area contributed by atoms with Gasteiger partial charge in [0.2, 0.25) is 0 Å². The molecule has 1 aromatic carbocycles. The highest BCUT2D eigenvalue weighted by Gasteiger charge is 2.50. The molecule has 170 valence electrons. The fourth-order valence-electron chi connectivity index (χ4n) is 6.06. The number of hydrogen-bond donors (Lipinski definition) is 2. The van der Waals surface area contributed by atoms with Gasteiger partial charge < -0.3 is 10.2 Å². The molecular formula is C24H27ClN8. The Hall–Kier alpha value is -2.84. The summed E-state index contributed by atoms with van der Waals surface area (Å²) >= 11 is 7.00. The Balaban J connectivity index is 1.40. The maximum atomic E-state index is 7.00. The summed E-state index contributed by atoms with van der Waals surface area (Å²) in [5.74, 6) is 1.02. The van der Waals surface area contributed by atoms with E-state index in [1.54, 1.807) is 0 Å². The molecule has 3 aliphatic rings. The molecule has 0 unspecified atom stereocenters. The van der Waals surface area contributed by atoms with Crippen molar-refractivity contribution in [1.29, 1.82) is 0 Å². The third-order valence-electron chi connectivity index (χ3n) is 7.97. The minimum absolute atomic E-state index is 0.443. The van der Waals surface area contributed by atoms with Crippen molar-refractivity contribution in [3.05, 3.63) is 46.5 Å². The van der Waals surface area contributed by atoms with Crippen molar-refractivity contribution in [2.24, 2.45) is 5.41 Å². The SMILES string of the molecule is Cc1cc2[nH]ncc2c(-c2c(N3CCn4nccc4C3)nn(C3CC4(CNC4)C3)c2C)c1Cl. The lowest BCUT2D eigenvalue weighted by Crippen LogP contribution is -2.60. The number of fused-ring (bicyclic) bond motifs is 2. The summed E-state index contributed by atoms with van der Waals surface area (Å²) in [4.78, 5) is 2.39. The molecule has 0 radical (unpaired) electrons. The second-order valence-corrected chi connectivity index (χ2v) is 10.5. The van der Waals surface area contributed by atoms with Gasteiger partial charge in [-0.1, -0.05) is 11.6 Å². The van der Waals surface area contributed by atoms with Gasteiger partial charge in [-0.05, 0) is 49.8 Å². The molecule has 3 aromatic heterocycles. The minimum atomic E-state index is 0.443. The standard InChI is InChI=1S/C24H27ClN8/c1-14-7-19-18(10-27-29-19)21(22(14)25)20-15(2)33(17-8-24(9-17)12-26-13-24)30-23(20)31-5-6-32-16(11-31)3-4-28-32/h3-4,7,10,17,26H,5-6,8-9,11-13H2,1-2H3,(H,27,29). The Morgan fingerprint density at radius 3 is 2.79 bits per heavy atom. The third kappa shape index (κ3) is 2.77. The van der Waals surface area contributed by atoms with E-state index in [0.29, 0.717) is 11.5 Å². The Labute approximate surface area is 196 Å². The summed E-state index contributed by atoms with van der Waals surface area (Å²) < 4.78 is 4.37. The molecule has 0 bridgehead atoms. The largest absolute Gasteiger partial charge is 0.347 e. The molecule has 0 amide bonds. The van der Waals surface area contributed by atoms with E-state index in [1.165, 1.54) is 24.2 Å². The number of H-pyrrole nitrogens is 1. The number of benzene rings is 1. The average molecular weight is 463 g/mol. The average Bonchev–Trinajstić information content (AvgIpc) is 3.46. The van der Waals surface area contributed by atoms with E-state index >= 15 is 0 Å². The van der Waals surface area contributed by atoms with Gasteiger partial charge in [0.15, 0.2) is 5.82 Å². The summed E-state index contributed by atoms with van der Waals surface area (Å²) in [6, 6.07) is 4.62. The summed E-state index contributed by atoms with van der Waals surface area (Å²) in [6.45, 7) is 9.06. The van der Waals surface area contributed by atoms with Crippen molar-refractivity contribution in [3.8, 4) is 11.1 Å². The molecule has 1 aliphatic carbocycles. The molecule has 2 N–H and O–H groups in total. The Kier molecular flexibility index (Phi) is 4.06. The lowest BCUT2D eigenvalue weighted by Gasteiger charge is -2.54. The summed E-state index contributed by atoms with van der Waals surface area (Å²) in [5.41, 5.74) is 7.11. The molecule has 1 saturated heterocycles. The van der Waals surface area contributed by atoms with Crippen LogP contribution in [0.5, 0.6) is 0 Å². The van der Waals surface area contributed by atoms with Crippen molar-refractivity contribution in [3.63, 3.8) is 0 Å². The summed E-state index contributed by atoms with van der Waals surface area (Å²) in [7, 11) is 0. The van der Waals surface area contributed by atoms with Gasteiger partial charge in [-0.2, -0.15) is 15.3 Å². The van der Waals surface area contributed by atoms with E-state index < -0.39 is 0 Å². The van der Waals surface area contributed by atoms with Gasteiger partial charge >= 0.3 is 0 Å². The first-order valence-electron chi connectivity index (χ1n) is 11.7. The van der Waals surface area contributed by atoms with Crippen LogP contribution in [0.1, 0.15) is 35.8 Å². The topological polar surface area (TPSA) is 79.6 Å². The highest BCUT2D eigenvalue weighted by molar-refractivity contribution is 6.36. The van der Waals surface area contributed by atoms with Gasteiger partial charge in [-0.25, -0.2) is 0 Å². The van der Waals surface area contributed by atoms with Crippen molar-refractivity contribution < 1.29 is 0 Å². The zero-order valence-electron chi connectivity index (χ0n) is 18.9. The van der Waals surface area contributed by atoms with E-state index in [4.69, 9.17) is 16.7 Å². The van der Waals surface area contributed by atoms with Gasteiger partial charge in [0.05, 0.1) is 41.6 Å². The van der Waals surface area contributed by atoms with Crippen LogP contribution in [0.15, 0.2) is 24.5 Å². The minimum Gasteiger partial charge on any atom is -0.347 e. The summed E-state index contributed by atoms with van der Waals surface area (Å²) in [6.07, 6.45) is 6.16. The molecule has 5 heterocycles. The number of nitrogens with zero attached hydrogens (tertiary/aromatic N) is 6. The number of hydrogen-bond acceptors (Lipinski definition) is 5. The number of aromatic nitrogens is 6. The molecular weight excluding hydrogens is 436 g/mol. The second-order valence-electron chi connectivity index (χ2n) is 10.1. The molecule has 0 atom stereocenters. The smallest absolute Gasteiger partial charge is 0.159 e. The number of aryl methyl sites for hydroxylation is 1. The molecule has 9 heteroatoms. The van der Waals surface area contributed by atoms with E-state index in [-0.39, 0.29) is 0 Å². The zero-order valence-corrected chi connectivity index (χ0v) is 19.7. The maximum Gasteiger partial charge on any atom is 0.159 e. The predicted molar refractivity (Wildman–Crippen MR) is 129 cm³/mol. The van der Waals surface area contributed by atoms with Crippen LogP contribution in [0.2, 0.25) is 5.02 Å². The van der Waals surface area contributed by atoms with Gasteiger partial charge in [-0.3, -0.25) is 14.5 Å². The van der Waals surface area contributed by atoms with Crippen molar-refractivity contribution >= 4 is 28.3 Å². The fraction of sp³-hybridized carbons (Fsp3) is 0.458. The van der Waals surface area contributed by atoms with E-state index in [9.17, 15) is 0 Å². The lowest BCUT2D eigenvalue weighted by atomic mass is 9.61. The number of anilines is 1. The lowest BCUT2D eigenvalue weighted by molar-refractivity contribution is 0.00162. The first-order valence-corrected chi connectivity index (χ1v) is 12.1. The van der Waals surface area contributed by atoms with Crippen LogP contribution in [0.4, 0.5) is 5.82 Å². The van der Waals surface area contributed by atoms with Crippen molar-refractivity contribution in [2.75, 3.05) is 24.5 Å². The van der Waals surface area contributed by atoms with Gasteiger partial charge in [-0.15, -0.1) is 0 Å². The number of aromatic amines is 1. The van der Waals surface area contributed by atoms with Crippen LogP contribution in [0.3, 0.4) is 0 Å². The highest BCUT2D eigenvalue weighted by Crippen LogP contribution is 2.53. The van der Waals surface area contributed by atoms with Crippen LogP contribution < -0.4 is 10.2 Å². The Morgan fingerprint density at radius 1 is 1.15 bits per heavy atom. The molecule has 2 aliphatic heterocycles. The van der Waals surface area contributed by atoms with Crippen molar-refractivity contribution in [1.82, 2.24) is 35.1 Å². The van der Waals surface area contributed by atoms with Crippen LogP contribution in [0, 0.1) is 19.3 Å². The molecule has 8 nitrogen and oxygen atoms in total. The number of rotatable bonds is 3. The van der Waals surface area contributed by atoms with Crippen molar-refractivity contribution in [2.45, 2.75) is 45.8 Å². The van der Waals surface area contributed by atoms with Crippen LogP contribution in [-0.2, 0) is 13.1 Å². The Bertz CT molecular complexity index is 1380. The first-order chi connectivity index (χ1) is 16.0. The van der Waals surface area contributed by atoms with Crippen LogP contribution in [-0.4, -0.2) is 49.4 Å². The molecule has 2 fully saturated rings.